The molecule has 2 aliphatic rings. The van der Waals surface area contributed by atoms with Crippen molar-refractivity contribution in [2.45, 2.75) is 32.6 Å². The van der Waals surface area contributed by atoms with E-state index in [9.17, 15) is 9.18 Å². The molecule has 1 amide bonds. The zero-order valence-corrected chi connectivity index (χ0v) is 12.6. The fourth-order valence-electron chi connectivity index (χ4n) is 3.80. The molecular weight excluding hydrogens is 267 g/mol. The molecule has 1 atom stereocenters. The Balaban J connectivity index is 1.77. The molecule has 0 aliphatic carbocycles. The number of carbonyl (C=O) groups excluding carboxylic acids is 1. The fourth-order valence-corrected chi connectivity index (χ4v) is 3.80. The number of hydrogen-bond acceptors (Lipinski definition) is 2. The van der Waals surface area contributed by atoms with Crippen LogP contribution < -0.4 is 5.32 Å². The van der Waals surface area contributed by atoms with Gasteiger partial charge < -0.3 is 10.2 Å². The molecule has 21 heavy (non-hydrogen) atoms. The first kappa shape index (κ1) is 14.5. The fraction of sp³-hybridized carbons (Fsp3) is 0.588. The Morgan fingerprint density at radius 1 is 1.29 bits per heavy atom. The summed E-state index contributed by atoms with van der Waals surface area (Å²) in [4.78, 5) is 14.6. The highest BCUT2D eigenvalue weighted by molar-refractivity contribution is 5.94. The van der Waals surface area contributed by atoms with Crippen LogP contribution in [0.15, 0.2) is 18.2 Å². The number of likely N-dealkylation sites (tertiary alicyclic amines) is 1. The van der Waals surface area contributed by atoms with Gasteiger partial charge in [0, 0.05) is 30.6 Å². The second-order valence-electron chi connectivity index (χ2n) is 6.63. The molecule has 3 rings (SSSR count). The number of halogens is 1. The van der Waals surface area contributed by atoms with Crippen molar-refractivity contribution in [3.05, 3.63) is 35.1 Å². The maximum Gasteiger partial charge on any atom is 0.253 e. The number of amides is 1. The molecule has 2 fully saturated rings. The summed E-state index contributed by atoms with van der Waals surface area (Å²) in [6.07, 6.45) is 4.60. The van der Waals surface area contributed by atoms with E-state index in [0.29, 0.717) is 5.56 Å². The van der Waals surface area contributed by atoms with E-state index < -0.39 is 0 Å². The van der Waals surface area contributed by atoms with Crippen LogP contribution in [0.5, 0.6) is 0 Å². The van der Waals surface area contributed by atoms with Gasteiger partial charge in [0.15, 0.2) is 0 Å². The predicted molar refractivity (Wildman–Crippen MR) is 80.8 cm³/mol. The summed E-state index contributed by atoms with van der Waals surface area (Å²) in [5.41, 5.74) is 1.51. The minimum Gasteiger partial charge on any atom is -0.338 e. The van der Waals surface area contributed by atoms with Crippen LogP contribution in [0, 0.1) is 18.2 Å². The topological polar surface area (TPSA) is 32.3 Å². The lowest BCUT2D eigenvalue weighted by Gasteiger charge is -2.45. The largest absolute Gasteiger partial charge is 0.338 e. The van der Waals surface area contributed by atoms with E-state index in [1.807, 2.05) is 11.8 Å². The maximum absolute atomic E-state index is 13.5. The molecule has 3 nitrogen and oxygen atoms in total. The highest BCUT2D eigenvalue weighted by atomic mass is 19.1. The molecule has 2 aliphatic heterocycles. The average Bonchev–Trinajstić information content (AvgIpc) is 2.46. The molecule has 4 heteroatoms. The van der Waals surface area contributed by atoms with Crippen molar-refractivity contribution in [2.75, 3.05) is 26.2 Å². The van der Waals surface area contributed by atoms with E-state index in [1.165, 1.54) is 31.4 Å². The van der Waals surface area contributed by atoms with Crippen LogP contribution in [-0.2, 0) is 0 Å². The number of piperidine rings is 2. The molecule has 0 bridgehead atoms. The second-order valence-corrected chi connectivity index (χ2v) is 6.63. The van der Waals surface area contributed by atoms with Gasteiger partial charge in [0.25, 0.3) is 5.91 Å². The van der Waals surface area contributed by atoms with Crippen molar-refractivity contribution >= 4 is 5.91 Å². The Morgan fingerprint density at radius 3 is 2.81 bits per heavy atom. The third kappa shape index (κ3) is 3.10. The monoisotopic (exact) mass is 290 g/mol. The highest BCUT2D eigenvalue weighted by Crippen LogP contribution is 2.36. The van der Waals surface area contributed by atoms with Gasteiger partial charge in [-0.1, -0.05) is 0 Å². The first-order valence-corrected chi connectivity index (χ1v) is 7.85. The number of nitrogens with one attached hydrogen (secondary N) is 1. The van der Waals surface area contributed by atoms with Crippen molar-refractivity contribution in [3.63, 3.8) is 0 Å². The Hall–Kier alpha value is -1.42. The lowest BCUT2D eigenvalue weighted by molar-refractivity contribution is 0.0433. The number of benzene rings is 1. The Labute approximate surface area is 125 Å². The third-order valence-electron chi connectivity index (χ3n) is 4.80. The molecule has 1 spiro atoms. The quantitative estimate of drug-likeness (QED) is 0.862. The highest BCUT2D eigenvalue weighted by Gasteiger charge is 2.38. The first-order chi connectivity index (χ1) is 10.1. The molecule has 2 heterocycles. The van der Waals surface area contributed by atoms with E-state index in [4.69, 9.17) is 0 Å². The molecule has 1 aromatic carbocycles. The van der Waals surface area contributed by atoms with Crippen LogP contribution in [0.1, 0.15) is 41.6 Å². The van der Waals surface area contributed by atoms with Gasteiger partial charge in [0.2, 0.25) is 0 Å². The normalized spacial score (nSPS) is 26.1. The zero-order valence-electron chi connectivity index (χ0n) is 12.6. The van der Waals surface area contributed by atoms with Gasteiger partial charge in [-0.2, -0.15) is 0 Å². The summed E-state index contributed by atoms with van der Waals surface area (Å²) in [5.74, 6) is -0.355. The van der Waals surface area contributed by atoms with Gasteiger partial charge >= 0.3 is 0 Å². The van der Waals surface area contributed by atoms with E-state index in [1.54, 1.807) is 6.07 Å². The molecule has 1 N–H and O–H groups in total. The number of nitrogens with zero attached hydrogens (tertiary/aromatic N) is 1. The van der Waals surface area contributed by atoms with Gasteiger partial charge in [-0.05, 0) is 62.9 Å². The first-order valence-electron chi connectivity index (χ1n) is 7.85. The van der Waals surface area contributed by atoms with Crippen molar-refractivity contribution in [1.82, 2.24) is 10.2 Å². The lowest BCUT2D eigenvalue weighted by Crippen LogP contribution is -2.52. The Kier molecular flexibility index (Phi) is 3.98. The van der Waals surface area contributed by atoms with Crippen molar-refractivity contribution < 1.29 is 9.18 Å². The molecule has 2 saturated heterocycles. The number of carbonyl (C=O) groups is 1. The van der Waals surface area contributed by atoms with Crippen molar-refractivity contribution in [1.29, 1.82) is 0 Å². The van der Waals surface area contributed by atoms with E-state index in [0.717, 1.165) is 38.2 Å². The summed E-state index contributed by atoms with van der Waals surface area (Å²) >= 11 is 0. The van der Waals surface area contributed by atoms with Crippen LogP contribution in [0.4, 0.5) is 4.39 Å². The van der Waals surface area contributed by atoms with E-state index >= 15 is 0 Å². The molecular formula is C17H23FN2O. The van der Waals surface area contributed by atoms with Gasteiger partial charge in [-0.15, -0.1) is 0 Å². The van der Waals surface area contributed by atoms with Gasteiger partial charge in [0.05, 0.1) is 0 Å². The molecule has 0 radical (unpaired) electrons. The summed E-state index contributed by atoms with van der Waals surface area (Å²) in [6.45, 7) is 5.49. The predicted octanol–water partition coefficient (Wildman–Crippen LogP) is 2.74. The molecule has 0 aromatic heterocycles. The summed E-state index contributed by atoms with van der Waals surface area (Å²) in [6, 6.07) is 4.60. The summed E-state index contributed by atoms with van der Waals surface area (Å²) in [7, 11) is 0. The van der Waals surface area contributed by atoms with Crippen molar-refractivity contribution in [2.24, 2.45) is 5.41 Å². The minimum absolute atomic E-state index is 0.0257. The molecule has 1 unspecified atom stereocenters. The molecule has 0 saturated carbocycles. The van der Waals surface area contributed by atoms with Gasteiger partial charge in [-0.25, -0.2) is 4.39 Å². The van der Waals surface area contributed by atoms with Gasteiger partial charge in [0.1, 0.15) is 5.82 Å². The van der Waals surface area contributed by atoms with E-state index in [2.05, 4.69) is 5.32 Å². The van der Waals surface area contributed by atoms with Crippen molar-refractivity contribution in [3.8, 4) is 0 Å². The van der Waals surface area contributed by atoms with Crippen LogP contribution in [0.25, 0.3) is 0 Å². The third-order valence-corrected chi connectivity index (χ3v) is 4.80. The zero-order chi connectivity index (χ0) is 14.9. The standard InChI is InChI=1S/C17H23FN2O/c1-13-8-14(10-15(18)9-13)16(21)20-7-3-5-17(12-20)4-2-6-19-11-17/h8-10,19H,2-7,11-12H2,1H3. The second kappa shape index (κ2) is 5.76. The number of aryl methyl sites for hydroxylation is 1. The summed E-state index contributed by atoms with van der Waals surface area (Å²) < 4.78 is 13.5. The van der Waals surface area contributed by atoms with Crippen LogP contribution in [0.2, 0.25) is 0 Å². The summed E-state index contributed by atoms with van der Waals surface area (Å²) in [5, 5.41) is 3.46. The lowest BCUT2D eigenvalue weighted by atomic mass is 9.74. The number of rotatable bonds is 1. The van der Waals surface area contributed by atoms with Crippen LogP contribution in [-0.4, -0.2) is 37.0 Å². The number of hydrogen-bond donors (Lipinski definition) is 1. The van der Waals surface area contributed by atoms with Gasteiger partial charge in [-0.3, -0.25) is 4.79 Å². The average molecular weight is 290 g/mol. The minimum atomic E-state index is -0.329. The Bertz CT molecular complexity index is 512. The maximum atomic E-state index is 13.5. The van der Waals surface area contributed by atoms with Crippen LogP contribution >= 0.6 is 0 Å². The molecule has 1 aromatic rings. The Morgan fingerprint density at radius 2 is 2.10 bits per heavy atom. The van der Waals surface area contributed by atoms with Crippen LogP contribution in [0.3, 0.4) is 0 Å². The molecule has 114 valence electrons. The SMILES string of the molecule is Cc1cc(F)cc(C(=O)N2CCCC3(CCCNC3)C2)c1. The van der Waals surface area contributed by atoms with E-state index in [-0.39, 0.29) is 17.1 Å². The smallest absolute Gasteiger partial charge is 0.253 e.